The van der Waals surface area contributed by atoms with Gasteiger partial charge < -0.3 is 11.1 Å². The minimum absolute atomic E-state index is 0.0288. The van der Waals surface area contributed by atoms with E-state index in [2.05, 4.69) is 21.2 Å². The zero-order chi connectivity index (χ0) is 15.1. The van der Waals surface area contributed by atoms with Gasteiger partial charge in [0, 0.05) is 22.5 Å². The molecule has 2 rings (SSSR count). The molecular formula is C16H17BrN2OS. The highest BCUT2D eigenvalue weighted by Crippen LogP contribution is 2.20. The largest absolute Gasteiger partial charge is 0.351 e. The van der Waals surface area contributed by atoms with Gasteiger partial charge in [-0.3, -0.25) is 4.79 Å². The third-order valence-corrected chi connectivity index (χ3v) is 4.44. The highest BCUT2D eigenvalue weighted by atomic mass is 79.9. The van der Waals surface area contributed by atoms with Gasteiger partial charge in [-0.1, -0.05) is 40.2 Å². The number of hydrogen-bond acceptors (Lipinski definition) is 3. The van der Waals surface area contributed by atoms with Crippen LogP contribution in [0.4, 0.5) is 0 Å². The number of carbonyl (C=O) groups excluding carboxylic acids is 1. The van der Waals surface area contributed by atoms with Gasteiger partial charge in [0.25, 0.3) is 0 Å². The highest BCUT2D eigenvalue weighted by Gasteiger charge is 2.03. The van der Waals surface area contributed by atoms with Crippen LogP contribution in [0.15, 0.2) is 57.9 Å². The predicted molar refractivity (Wildman–Crippen MR) is 91.0 cm³/mol. The van der Waals surface area contributed by atoms with Crippen LogP contribution in [0.25, 0.3) is 0 Å². The number of benzene rings is 2. The molecule has 2 aromatic rings. The molecule has 110 valence electrons. The molecule has 5 heteroatoms. The van der Waals surface area contributed by atoms with Gasteiger partial charge in [0.1, 0.15) is 0 Å². The average molecular weight is 365 g/mol. The molecule has 0 saturated carbocycles. The van der Waals surface area contributed by atoms with E-state index in [0.717, 1.165) is 20.5 Å². The Kier molecular flexibility index (Phi) is 6.29. The lowest BCUT2D eigenvalue weighted by Crippen LogP contribution is -2.24. The summed E-state index contributed by atoms with van der Waals surface area (Å²) in [6.07, 6.45) is 0. The summed E-state index contributed by atoms with van der Waals surface area (Å²) in [6.45, 7) is 1.05. The molecule has 0 bridgehead atoms. The maximum Gasteiger partial charge on any atom is 0.230 e. The Balaban J connectivity index is 1.78. The molecule has 3 nitrogen and oxygen atoms in total. The normalized spacial score (nSPS) is 10.4. The van der Waals surface area contributed by atoms with Crippen LogP contribution >= 0.6 is 27.7 Å². The molecule has 0 radical (unpaired) electrons. The number of thioether (sulfide) groups is 1. The van der Waals surface area contributed by atoms with E-state index in [-0.39, 0.29) is 5.91 Å². The summed E-state index contributed by atoms with van der Waals surface area (Å²) in [5, 5.41) is 2.92. The van der Waals surface area contributed by atoms with Crippen molar-refractivity contribution < 1.29 is 4.79 Å². The van der Waals surface area contributed by atoms with Gasteiger partial charge in [0.05, 0.1) is 5.75 Å². The van der Waals surface area contributed by atoms with E-state index in [1.54, 1.807) is 0 Å². The second-order valence-electron chi connectivity index (χ2n) is 4.54. The van der Waals surface area contributed by atoms with Crippen LogP contribution in [0.3, 0.4) is 0 Å². The Bertz CT molecular complexity index is 601. The Morgan fingerprint density at radius 2 is 1.86 bits per heavy atom. The van der Waals surface area contributed by atoms with Crippen molar-refractivity contribution in [2.75, 3.05) is 5.75 Å². The van der Waals surface area contributed by atoms with Crippen molar-refractivity contribution in [2.24, 2.45) is 5.73 Å². The van der Waals surface area contributed by atoms with Crippen molar-refractivity contribution in [1.82, 2.24) is 5.32 Å². The van der Waals surface area contributed by atoms with Crippen LogP contribution < -0.4 is 11.1 Å². The fourth-order valence-electron chi connectivity index (χ4n) is 1.80. The number of nitrogens with one attached hydrogen (secondary N) is 1. The van der Waals surface area contributed by atoms with Crippen molar-refractivity contribution in [2.45, 2.75) is 18.0 Å². The Morgan fingerprint density at radius 3 is 2.57 bits per heavy atom. The molecule has 0 spiro atoms. The lowest BCUT2D eigenvalue weighted by Gasteiger charge is -2.07. The molecular weight excluding hydrogens is 348 g/mol. The fraction of sp³-hybridized carbons (Fsp3) is 0.188. The van der Waals surface area contributed by atoms with Crippen LogP contribution in [0.2, 0.25) is 0 Å². The highest BCUT2D eigenvalue weighted by molar-refractivity contribution is 9.10. The first-order chi connectivity index (χ1) is 10.2. The van der Waals surface area contributed by atoms with E-state index >= 15 is 0 Å². The lowest BCUT2D eigenvalue weighted by molar-refractivity contribution is -0.118. The standard InChI is InChI=1S/C16H17BrN2OS/c17-14-4-6-15(7-5-14)21-11-16(20)19-10-13-3-1-2-12(8-13)9-18/h1-8H,9-11,18H2,(H,19,20). The molecule has 0 aliphatic carbocycles. The molecule has 0 aromatic heterocycles. The number of carbonyl (C=O) groups is 1. The minimum atomic E-state index is 0.0288. The number of amides is 1. The van der Waals surface area contributed by atoms with Crippen molar-refractivity contribution in [3.63, 3.8) is 0 Å². The van der Waals surface area contributed by atoms with Gasteiger partial charge in [-0.15, -0.1) is 11.8 Å². The first kappa shape index (κ1) is 16.1. The molecule has 0 unspecified atom stereocenters. The lowest BCUT2D eigenvalue weighted by atomic mass is 10.1. The van der Waals surface area contributed by atoms with E-state index in [1.165, 1.54) is 11.8 Å². The minimum Gasteiger partial charge on any atom is -0.351 e. The summed E-state index contributed by atoms with van der Waals surface area (Å²) in [5.74, 6) is 0.444. The zero-order valence-electron chi connectivity index (χ0n) is 11.5. The fourth-order valence-corrected chi connectivity index (χ4v) is 2.79. The van der Waals surface area contributed by atoms with Gasteiger partial charge >= 0.3 is 0 Å². The maximum atomic E-state index is 11.8. The molecule has 0 atom stereocenters. The summed E-state index contributed by atoms with van der Waals surface area (Å²) >= 11 is 4.92. The quantitative estimate of drug-likeness (QED) is 0.773. The molecule has 3 N–H and O–H groups in total. The number of nitrogens with two attached hydrogens (primary N) is 1. The maximum absolute atomic E-state index is 11.8. The molecule has 0 aliphatic heterocycles. The van der Waals surface area contributed by atoms with Crippen molar-refractivity contribution in [3.05, 3.63) is 64.1 Å². The smallest absolute Gasteiger partial charge is 0.230 e. The topological polar surface area (TPSA) is 55.1 Å². The Hall–Kier alpha value is -1.30. The van der Waals surface area contributed by atoms with Crippen molar-refractivity contribution in [1.29, 1.82) is 0 Å². The summed E-state index contributed by atoms with van der Waals surface area (Å²) < 4.78 is 1.04. The monoisotopic (exact) mass is 364 g/mol. The van der Waals surface area contributed by atoms with Crippen LogP contribution in [0, 0.1) is 0 Å². The van der Waals surface area contributed by atoms with Gasteiger partial charge in [-0.25, -0.2) is 0 Å². The van der Waals surface area contributed by atoms with Crippen molar-refractivity contribution in [3.8, 4) is 0 Å². The number of hydrogen-bond donors (Lipinski definition) is 2. The van der Waals surface area contributed by atoms with Crippen LogP contribution in [0.5, 0.6) is 0 Å². The Labute approximate surface area is 137 Å². The molecule has 0 aliphatic rings. The average Bonchev–Trinajstić information content (AvgIpc) is 2.52. The van der Waals surface area contributed by atoms with Gasteiger partial charge in [-0.05, 0) is 35.4 Å². The van der Waals surface area contributed by atoms with Crippen LogP contribution in [-0.4, -0.2) is 11.7 Å². The molecule has 0 fully saturated rings. The number of rotatable bonds is 6. The summed E-state index contributed by atoms with van der Waals surface area (Å²) in [5.41, 5.74) is 7.75. The summed E-state index contributed by atoms with van der Waals surface area (Å²) in [6, 6.07) is 15.9. The van der Waals surface area contributed by atoms with E-state index in [9.17, 15) is 4.79 Å². The summed E-state index contributed by atoms with van der Waals surface area (Å²) in [4.78, 5) is 12.9. The molecule has 1 amide bonds. The van der Waals surface area contributed by atoms with Gasteiger partial charge in [0.2, 0.25) is 5.91 Å². The van der Waals surface area contributed by atoms with E-state index in [1.807, 2.05) is 48.5 Å². The third kappa shape index (κ3) is 5.53. The third-order valence-electron chi connectivity index (χ3n) is 2.90. The molecule has 0 heterocycles. The Morgan fingerprint density at radius 1 is 1.14 bits per heavy atom. The van der Waals surface area contributed by atoms with E-state index < -0.39 is 0 Å². The van der Waals surface area contributed by atoms with Crippen molar-refractivity contribution >= 4 is 33.6 Å². The first-order valence-electron chi connectivity index (χ1n) is 6.60. The zero-order valence-corrected chi connectivity index (χ0v) is 13.9. The van der Waals surface area contributed by atoms with E-state index in [0.29, 0.717) is 18.8 Å². The van der Waals surface area contributed by atoms with Gasteiger partial charge in [0.15, 0.2) is 0 Å². The molecule has 2 aromatic carbocycles. The molecule has 0 saturated heterocycles. The summed E-state index contributed by atoms with van der Waals surface area (Å²) in [7, 11) is 0. The molecule has 21 heavy (non-hydrogen) atoms. The second-order valence-corrected chi connectivity index (χ2v) is 6.51. The van der Waals surface area contributed by atoms with E-state index in [4.69, 9.17) is 5.73 Å². The second kappa shape index (κ2) is 8.22. The predicted octanol–water partition coefficient (Wildman–Crippen LogP) is 3.32. The van der Waals surface area contributed by atoms with Crippen LogP contribution in [0.1, 0.15) is 11.1 Å². The first-order valence-corrected chi connectivity index (χ1v) is 8.38. The SMILES string of the molecule is NCc1cccc(CNC(=O)CSc2ccc(Br)cc2)c1. The number of halogens is 1. The van der Waals surface area contributed by atoms with Gasteiger partial charge in [-0.2, -0.15) is 0 Å². The van der Waals surface area contributed by atoms with Crippen LogP contribution in [-0.2, 0) is 17.9 Å².